The molecular formula is C22H30N5O2+. The lowest BCUT2D eigenvalue weighted by Gasteiger charge is -2.25. The maximum atomic E-state index is 12.7. The fourth-order valence-electron chi connectivity index (χ4n) is 4.07. The number of Topliss-reactive ketones (excluding diaryl/α,β-unsaturated/α-hetero) is 1. The van der Waals surface area contributed by atoms with Crippen LogP contribution in [0.5, 0.6) is 0 Å². The van der Waals surface area contributed by atoms with Gasteiger partial charge in [-0.1, -0.05) is 12.1 Å². The Morgan fingerprint density at radius 2 is 1.93 bits per heavy atom. The van der Waals surface area contributed by atoms with Gasteiger partial charge in [-0.2, -0.15) is 0 Å². The maximum Gasteiger partial charge on any atom is 0.223 e. The second kappa shape index (κ2) is 8.88. The van der Waals surface area contributed by atoms with Crippen molar-refractivity contribution in [3.8, 4) is 0 Å². The molecule has 7 heteroatoms. The number of hydrogen-bond acceptors (Lipinski definition) is 6. The molecule has 4 rings (SSSR count). The summed E-state index contributed by atoms with van der Waals surface area (Å²) in [5.74, 6) is 0.928. The molecule has 1 aliphatic carbocycles. The molecular weight excluding hydrogens is 366 g/mol. The molecule has 7 nitrogen and oxygen atoms in total. The second-order valence-corrected chi connectivity index (χ2v) is 8.11. The Kier molecular flexibility index (Phi) is 6.06. The first-order valence-corrected chi connectivity index (χ1v) is 10.4. The third kappa shape index (κ3) is 4.74. The zero-order valence-electron chi connectivity index (χ0n) is 17.3. The molecule has 0 spiro atoms. The summed E-state index contributed by atoms with van der Waals surface area (Å²) in [6.45, 7) is 5.61. The highest BCUT2D eigenvalue weighted by atomic mass is 16.5. The molecule has 1 saturated heterocycles. The number of nitrogens with zero attached hydrogens (tertiary/aromatic N) is 3. The topological polar surface area (TPSA) is 71.8 Å². The quantitative estimate of drug-likeness (QED) is 0.752. The van der Waals surface area contributed by atoms with Crippen LogP contribution < -0.4 is 15.1 Å². The minimum absolute atomic E-state index is 0.136. The highest BCUT2D eigenvalue weighted by Gasteiger charge is 2.28. The number of benzene rings is 1. The summed E-state index contributed by atoms with van der Waals surface area (Å²) in [7, 11) is 4.06. The van der Waals surface area contributed by atoms with E-state index in [4.69, 9.17) is 4.74 Å². The zero-order chi connectivity index (χ0) is 20.2. The summed E-state index contributed by atoms with van der Waals surface area (Å²) in [6, 6.07) is 8.47. The summed E-state index contributed by atoms with van der Waals surface area (Å²) < 4.78 is 5.40. The van der Waals surface area contributed by atoms with E-state index in [0.29, 0.717) is 17.9 Å². The molecule has 1 atom stereocenters. The van der Waals surface area contributed by atoms with Gasteiger partial charge in [-0.05, 0) is 30.0 Å². The highest BCUT2D eigenvalue weighted by molar-refractivity contribution is 5.98. The Balaban J connectivity index is 1.41. The summed E-state index contributed by atoms with van der Waals surface area (Å²) in [6.07, 6.45) is 2.99. The molecule has 29 heavy (non-hydrogen) atoms. The number of hydrogen-bond donors (Lipinski definition) is 2. The van der Waals surface area contributed by atoms with Crippen molar-refractivity contribution in [3.05, 3.63) is 47.3 Å². The van der Waals surface area contributed by atoms with Gasteiger partial charge in [0.2, 0.25) is 5.95 Å². The Labute approximate surface area is 172 Å². The van der Waals surface area contributed by atoms with Gasteiger partial charge in [-0.25, -0.2) is 9.97 Å². The third-order valence-corrected chi connectivity index (χ3v) is 5.88. The van der Waals surface area contributed by atoms with Crippen LogP contribution >= 0.6 is 0 Å². The lowest BCUT2D eigenvalue weighted by molar-refractivity contribution is -0.906. The van der Waals surface area contributed by atoms with Crippen LogP contribution in [0, 0.1) is 0 Å². The fourth-order valence-corrected chi connectivity index (χ4v) is 4.07. The number of nitrogens with one attached hydrogen (secondary N) is 2. The number of carbonyl (C=O) groups excluding carboxylic acids is 1. The second-order valence-electron chi connectivity index (χ2n) is 8.11. The lowest BCUT2D eigenvalue weighted by atomic mass is 9.82. The molecule has 0 radical (unpaired) electrons. The Bertz CT molecular complexity index is 847. The van der Waals surface area contributed by atoms with E-state index in [0.717, 1.165) is 57.2 Å². The average Bonchev–Trinajstić information content (AvgIpc) is 2.74. The van der Waals surface area contributed by atoms with Gasteiger partial charge in [-0.15, -0.1) is 0 Å². The molecule has 1 fully saturated rings. The number of carbonyl (C=O) groups is 1. The van der Waals surface area contributed by atoms with Crippen LogP contribution in [-0.4, -0.2) is 69.2 Å². The highest BCUT2D eigenvalue weighted by Crippen LogP contribution is 2.32. The Morgan fingerprint density at radius 1 is 1.17 bits per heavy atom. The summed E-state index contributed by atoms with van der Waals surface area (Å²) in [4.78, 5) is 25.3. The van der Waals surface area contributed by atoms with Crippen molar-refractivity contribution in [2.24, 2.45) is 0 Å². The van der Waals surface area contributed by atoms with E-state index in [-0.39, 0.29) is 11.7 Å². The number of anilines is 2. The molecule has 1 aromatic carbocycles. The first-order chi connectivity index (χ1) is 14.1. The van der Waals surface area contributed by atoms with Crippen molar-refractivity contribution in [2.45, 2.75) is 18.8 Å². The number of ketones is 1. The standard InChI is InChI=1S/C22H29N5O2/c1-26(2)18-5-3-16(4-6-18)17-13-20-19(21(28)14-17)15-24-22(25-20)23-7-8-27-9-11-29-12-10-27/h3-6,15,17H,7-14H2,1-2H3,(H,23,24,25)/p+1/t17-/m1/s1. The van der Waals surface area contributed by atoms with Crippen LogP contribution in [0.15, 0.2) is 30.5 Å². The van der Waals surface area contributed by atoms with Gasteiger partial charge in [0.05, 0.1) is 37.6 Å². The van der Waals surface area contributed by atoms with Crippen molar-refractivity contribution in [3.63, 3.8) is 0 Å². The molecule has 1 aromatic heterocycles. The summed E-state index contributed by atoms with van der Waals surface area (Å²) in [5.41, 5.74) is 3.89. The van der Waals surface area contributed by atoms with Gasteiger partial charge >= 0.3 is 0 Å². The molecule has 0 bridgehead atoms. The number of fused-ring (bicyclic) bond motifs is 1. The molecule has 2 N–H and O–H groups in total. The molecule has 2 aliphatic rings. The number of quaternary nitrogens is 1. The van der Waals surface area contributed by atoms with Crippen LogP contribution in [0.1, 0.15) is 34.0 Å². The monoisotopic (exact) mass is 396 g/mol. The third-order valence-electron chi connectivity index (χ3n) is 5.88. The normalized spacial score (nSPS) is 19.7. The zero-order valence-corrected chi connectivity index (χ0v) is 17.3. The Hall–Kier alpha value is -2.51. The fraction of sp³-hybridized carbons (Fsp3) is 0.500. The largest absolute Gasteiger partial charge is 0.378 e. The number of morpholine rings is 1. The Morgan fingerprint density at radius 3 is 2.66 bits per heavy atom. The van der Waals surface area contributed by atoms with Crippen LogP contribution in [0.2, 0.25) is 0 Å². The van der Waals surface area contributed by atoms with E-state index in [2.05, 4.69) is 44.5 Å². The predicted octanol–water partition coefficient (Wildman–Crippen LogP) is 0.782. The van der Waals surface area contributed by atoms with Crippen LogP contribution in [0.25, 0.3) is 0 Å². The first-order valence-electron chi connectivity index (χ1n) is 10.4. The smallest absolute Gasteiger partial charge is 0.223 e. The minimum atomic E-state index is 0.136. The van der Waals surface area contributed by atoms with Gasteiger partial charge < -0.3 is 19.9 Å². The van der Waals surface area contributed by atoms with Crippen LogP contribution in [0.4, 0.5) is 11.6 Å². The van der Waals surface area contributed by atoms with Crippen molar-refractivity contribution in [1.82, 2.24) is 9.97 Å². The van der Waals surface area contributed by atoms with Crippen molar-refractivity contribution in [1.29, 1.82) is 0 Å². The van der Waals surface area contributed by atoms with Crippen LogP contribution in [-0.2, 0) is 11.2 Å². The molecule has 0 amide bonds. The van der Waals surface area contributed by atoms with Gasteiger partial charge in [0, 0.05) is 32.4 Å². The summed E-state index contributed by atoms with van der Waals surface area (Å²) >= 11 is 0. The molecule has 1 aliphatic heterocycles. The molecule has 2 heterocycles. The van der Waals surface area contributed by atoms with Gasteiger partial charge in [-0.3, -0.25) is 4.79 Å². The summed E-state index contributed by atoms with van der Waals surface area (Å²) in [5, 5.41) is 3.33. The predicted molar refractivity (Wildman–Crippen MR) is 113 cm³/mol. The van der Waals surface area contributed by atoms with Gasteiger partial charge in [0.15, 0.2) is 5.78 Å². The van der Waals surface area contributed by atoms with Crippen LogP contribution in [0.3, 0.4) is 0 Å². The maximum absolute atomic E-state index is 12.7. The molecule has 0 saturated carbocycles. The average molecular weight is 397 g/mol. The number of rotatable bonds is 6. The minimum Gasteiger partial charge on any atom is -0.378 e. The van der Waals surface area contributed by atoms with Crippen molar-refractivity contribution < 1.29 is 14.4 Å². The van der Waals surface area contributed by atoms with E-state index in [1.54, 1.807) is 6.20 Å². The van der Waals surface area contributed by atoms with Gasteiger partial charge in [0.25, 0.3) is 0 Å². The molecule has 0 unspecified atom stereocenters. The SMILES string of the molecule is CN(C)c1ccc([C@H]2CC(=O)c3cnc(NCC[NH+]4CCOCC4)nc3C2)cc1. The number of aromatic nitrogens is 2. The van der Waals surface area contributed by atoms with E-state index >= 15 is 0 Å². The molecule has 154 valence electrons. The number of ether oxygens (including phenoxy) is 1. The van der Waals surface area contributed by atoms with E-state index in [1.165, 1.54) is 10.5 Å². The van der Waals surface area contributed by atoms with Gasteiger partial charge in [0.1, 0.15) is 13.1 Å². The lowest BCUT2D eigenvalue weighted by Crippen LogP contribution is -3.14. The van der Waals surface area contributed by atoms with Crippen molar-refractivity contribution >= 4 is 17.4 Å². The van der Waals surface area contributed by atoms with E-state index < -0.39 is 0 Å². The van der Waals surface area contributed by atoms with E-state index in [9.17, 15) is 4.79 Å². The van der Waals surface area contributed by atoms with E-state index in [1.807, 2.05) is 14.1 Å². The first kappa shape index (κ1) is 19.8. The molecule has 2 aromatic rings. The van der Waals surface area contributed by atoms with Crippen molar-refractivity contribution in [2.75, 3.05) is 63.7 Å².